The van der Waals surface area contributed by atoms with Gasteiger partial charge in [0.2, 0.25) is 5.78 Å². The average Bonchev–Trinajstić information content (AvgIpc) is 2.35. The van der Waals surface area contributed by atoms with Crippen LogP contribution in [0.3, 0.4) is 0 Å². The topological polar surface area (TPSA) is 59.3 Å². The Bertz CT molecular complexity index is 671. The molecule has 0 unspecified atom stereocenters. The van der Waals surface area contributed by atoms with E-state index in [4.69, 9.17) is 0 Å². The Labute approximate surface area is 104 Å². The summed E-state index contributed by atoms with van der Waals surface area (Å²) in [5, 5.41) is 9.70. The molecular weight excluding hydrogens is 230 g/mol. The molecule has 1 heterocycles. The summed E-state index contributed by atoms with van der Waals surface area (Å²) in [6.07, 6.45) is 1.58. The standard InChI is InChI=1S/C14H13NO3/c1-9-5-6-12(16)11(8-9)13(17)10-4-3-7-15(2)14(10)18/h3-8,16H,1-2H3. The van der Waals surface area contributed by atoms with E-state index in [1.165, 1.54) is 16.7 Å². The van der Waals surface area contributed by atoms with Crippen LogP contribution in [-0.4, -0.2) is 15.5 Å². The van der Waals surface area contributed by atoms with Crippen molar-refractivity contribution in [3.05, 3.63) is 63.6 Å². The van der Waals surface area contributed by atoms with Gasteiger partial charge in [0.05, 0.1) is 11.1 Å². The lowest BCUT2D eigenvalue weighted by Gasteiger charge is -2.05. The normalized spacial score (nSPS) is 10.3. The number of aromatic hydroxyl groups is 1. The molecule has 1 aromatic carbocycles. The van der Waals surface area contributed by atoms with Gasteiger partial charge in [0.15, 0.2) is 0 Å². The summed E-state index contributed by atoms with van der Waals surface area (Å²) in [6, 6.07) is 7.82. The van der Waals surface area contributed by atoms with E-state index in [0.717, 1.165) is 5.56 Å². The van der Waals surface area contributed by atoms with Crippen LogP contribution in [0.5, 0.6) is 5.75 Å². The van der Waals surface area contributed by atoms with Crippen LogP contribution >= 0.6 is 0 Å². The van der Waals surface area contributed by atoms with Crippen molar-refractivity contribution in [2.45, 2.75) is 6.92 Å². The second kappa shape index (κ2) is 4.49. The summed E-state index contributed by atoms with van der Waals surface area (Å²) in [6.45, 7) is 1.82. The van der Waals surface area contributed by atoms with Gasteiger partial charge in [-0.05, 0) is 31.2 Å². The minimum atomic E-state index is -0.461. The summed E-state index contributed by atoms with van der Waals surface area (Å²) < 4.78 is 1.33. The van der Waals surface area contributed by atoms with Crippen molar-refractivity contribution >= 4 is 5.78 Å². The third-order valence-corrected chi connectivity index (χ3v) is 2.76. The predicted octanol–water partition coefficient (Wildman–Crippen LogP) is 1.63. The molecule has 0 fully saturated rings. The lowest BCUT2D eigenvalue weighted by atomic mass is 10.0. The molecule has 1 aromatic heterocycles. The molecule has 0 aliphatic heterocycles. The Balaban J connectivity index is 2.58. The van der Waals surface area contributed by atoms with E-state index < -0.39 is 5.78 Å². The van der Waals surface area contributed by atoms with Gasteiger partial charge < -0.3 is 9.67 Å². The van der Waals surface area contributed by atoms with Gasteiger partial charge >= 0.3 is 0 Å². The van der Waals surface area contributed by atoms with Gasteiger partial charge in [0.25, 0.3) is 5.56 Å². The fraction of sp³-hybridized carbons (Fsp3) is 0.143. The van der Waals surface area contributed by atoms with Crippen LogP contribution in [0.4, 0.5) is 0 Å². The minimum Gasteiger partial charge on any atom is -0.507 e. The maximum absolute atomic E-state index is 12.2. The highest BCUT2D eigenvalue weighted by atomic mass is 16.3. The Morgan fingerprint density at radius 3 is 2.67 bits per heavy atom. The highest BCUT2D eigenvalue weighted by Gasteiger charge is 2.17. The number of carbonyl (C=O) groups is 1. The number of rotatable bonds is 2. The first-order valence-electron chi connectivity index (χ1n) is 5.50. The van der Waals surface area contributed by atoms with Gasteiger partial charge in [-0.15, -0.1) is 0 Å². The first-order chi connectivity index (χ1) is 8.50. The van der Waals surface area contributed by atoms with Crippen LogP contribution in [0.25, 0.3) is 0 Å². The smallest absolute Gasteiger partial charge is 0.261 e. The monoisotopic (exact) mass is 243 g/mol. The lowest BCUT2D eigenvalue weighted by molar-refractivity contribution is 0.103. The fourth-order valence-electron chi connectivity index (χ4n) is 1.75. The number of aromatic nitrogens is 1. The number of carbonyl (C=O) groups excluding carboxylic acids is 1. The quantitative estimate of drug-likeness (QED) is 0.815. The summed E-state index contributed by atoms with van der Waals surface area (Å²) in [5.74, 6) is -0.575. The predicted molar refractivity (Wildman–Crippen MR) is 68.0 cm³/mol. The van der Waals surface area contributed by atoms with E-state index in [1.807, 2.05) is 6.92 Å². The van der Waals surface area contributed by atoms with Crippen molar-refractivity contribution in [2.24, 2.45) is 7.05 Å². The number of phenols is 1. The van der Waals surface area contributed by atoms with E-state index in [2.05, 4.69) is 0 Å². The second-order valence-corrected chi connectivity index (χ2v) is 4.19. The SMILES string of the molecule is Cc1ccc(O)c(C(=O)c2cccn(C)c2=O)c1. The Morgan fingerprint density at radius 2 is 1.94 bits per heavy atom. The van der Waals surface area contributed by atoms with Gasteiger partial charge in [-0.3, -0.25) is 9.59 Å². The number of nitrogens with zero attached hydrogens (tertiary/aromatic N) is 1. The number of ketones is 1. The number of aryl methyl sites for hydroxylation is 2. The molecule has 2 rings (SSSR count). The molecule has 92 valence electrons. The van der Waals surface area contributed by atoms with E-state index in [-0.39, 0.29) is 22.4 Å². The Morgan fingerprint density at radius 1 is 1.22 bits per heavy atom. The zero-order valence-electron chi connectivity index (χ0n) is 10.2. The van der Waals surface area contributed by atoms with Gasteiger partial charge in [-0.1, -0.05) is 11.6 Å². The van der Waals surface area contributed by atoms with Crippen molar-refractivity contribution in [1.82, 2.24) is 4.57 Å². The molecule has 0 aliphatic rings. The lowest BCUT2D eigenvalue weighted by Crippen LogP contribution is -2.23. The van der Waals surface area contributed by atoms with Crippen LogP contribution in [0.2, 0.25) is 0 Å². The molecule has 0 atom stereocenters. The average molecular weight is 243 g/mol. The van der Waals surface area contributed by atoms with Gasteiger partial charge in [0, 0.05) is 13.2 Å². The van der Waals surface area contributed by atoms with Gasteiger partial charge in [-0.25, -0.2) is 0 Å². The Hall–Kier alpha value is -2.36. The van der Waals surface area contributed by atoms with Crippen LogP contribution < -0.4 is 5.56 Å². The molecule has 0 aliphatic carbocycles. The summed E-state index contributed by atoms with van der Waals surface area (Å²) in [7, 11) is 1.58. The van der Waals surface area contributed by atoms with Crippen LogP contribution in [0.1, 0.15) is 21.5 Å². The van der Waals surface area contributed by atoms with E-state index >= 15 is 0 Å². The molecule has 0 radical (unpaired) electrons. The van der Waals surface area contributed by atoms with Crippen molar-refractivity contribution in [1.29, 1.82) is 0 Å². The van der Waals surface area contributed by atoms with Crippen LogP contribution in [-0.2, 0) is 7.05 Å². The number of benzene rings is 1. The summed E-state index contributed by atoms with van der Waals surface area (Å²) in [5.41, 5.74) is 0.687. The minimum absolute atomic E-state index is 0.0564. The van der Waals surface area contributed by atoms with E-state index in [9.17, 15) is 14.7 Å². The zero-order valence-corrected chi connectivity index (χ0v) is 10.2. The van der Waals surface area contributed by atoms with Gasteiger partial charge in [0.1, 0.15) is 5.75 Å². The third kappa shape index (κ3) is 2.05. The molecule has 0 amide bonds. The van der Waals surface area contributed by atoms with Crippen molar-refractivity contribution in [3.8, 4) is 5.75 Å². The molecule has 0 saturated carbocycles. The molecular formula is C14H13NO3. The van der Waals surface area contributed by atoms with Crippen molar-refractivity contribution in [2.75, 3.05) is 0 Å². The maximum Gasteiger partial charge on any atom is 0.261 e. The first-order valence-corrected chi connectivity index (χ1v) is 5.50. The number of hydrogen-bond acceptors (Lipinski definition) is 3. The molecule has 2 aromatic rings. The van der Waals surface area contributed by atoms with Crippen molar-refractivity contribution < 1.29 is 9.90 Å². The van der Waals surface area contributed by atoms with Crippen LogP contribution in [0.15, 0.2) is 41.3 Å². The molecule has 18 heavy (non-hydrogen) atoms. The number of pyridine rings is 1. The highest BCUT2D eigenvalue weighted by Crippen LogP contribution is 2.20. The van der Waals surface area contributed by atoms with Crippen LogP contribution in [0, 0.1) is 6.92 Å². The molecule has 0 bridgehead atoms. The third-order valence-electron chi connectivity index (χ3n) is 2.76. The molecule has 0 saturated heterocycles. The van der Waals surface area contributed by atoms with Gasteiger partial charge in [-0.2, -0.15) is 0 Å². The molecule has 4 heteroatoms. The first kappa shape index (κ1) is 12.1. The van der Waals surface area contributed by atoms with Crippen molar-refractivity contribution in [3.63, 3.8) is 0 Å². The second-order valence-electron chi connectivity index (χ2n) is 4.19. The summed E-state index contributed by atoms with van der Waals surface area (Å²) >= 11 is 0. The van der Waals surface area contributed by atoms with E-state index in [1.54, 1.807) is 31.4 Å². The molecule has 4 nitrogen and oxygen atoms in total. The largest absolute Gasteiger partial charge is 0.507 e. The fourth-order valence-corrected chi connectivity index (χ4v) is 1.75. The summed E-state index contributed by atoms with van der Waals surface area (Å²) in [4.78, 5) is 24.1. The molecule has 1 N–H and O–H groups in total. The highest BCUT2D eigenvalue weighted by molar-refractivity contribution is 6.10. The molecule has 0 spiro atoms. The van der Waals surface area contributed by atoms with E-state index in [0.29, 0.717) is 0 Å². The number of phenolic OH excluding ortho intramolecular Hbond substituents is 1. The number of hydrogen-bond donors (Lipinski definition) is 1. The zero-order chi connectivity index (χ0) is 13.3. The maximum atomic E-state index is 12.2. The Kier molecular flexibility index (Phi) is 3.02.